The number of rotatable bonds is 7. The van der Waals surface area contributed by atoms with Crippen molar-refractivity contribution in [3.05, 3.63) is 70.6 Å². The molecule has 1 aromatic heterocycles. The number of benzene rings is 2. The molecular formula is C20H20ClN3O2. The number of aryl methyl sites for hydroxylation is 2. The molecule has 0 saturated carbocycles. The minimum Gasteiger partial charge on any atom is -0.356 e. The smallest absolute Gasteiger partial charge is 0.227 e. The molecule has 0 saturated heterocycles. The van der Waals surface area contributed by atoms with Crippen molar-refractivity contribution < 1.29 is 9.32 Å². The third-order valence-electron chi connectivity index (χ3n) is 3.96. The second kappa shape index (κ2) is 8.63. The molecule has 0 atom stereocenters. The molecule has 0 radical (unpaired) electrons. The quantitative estimate of drug-likeness (QED) is 0.683. The van der Waals surface area contributed by atoms with Crippen molar-refractivity contribution >= 4 is 17.5 Å². The van der Waals surface area contributed by atoms with E-state index in [4.69, 9.17) is 16.1 Å². The lowest BCUT2D eigenvalue weighted by atomic mass is 10.1. The largest absolute Gasteiger partial charge is 0.356 e. The van der Waals surface area contributed by atoms with Gasteiger partial charge in [-0.1, -0.05) is 52.7 Å². The van der Waals surface area contributed by atoms with Crippen molar-refractivity contribution in [2.75, 3.05) is 6.54 Å². The van der Waals surface area contributed by atoms with E-state index in [9.17, 15) is 4.79 Å². The Labute approximate surface area is 157 Å². The number of nitrogens with one attached hydrogen (secondary N) is 1. The summed E-state index contributed by atoms with van der Waals surface area (Å²) in [5.41, 5.74) is 3.18. The van der Waals surface area contributed by atoms with Gasteiger partial charge >= 0.3 is 0 Å². The monoisotopic (exact) mass is 369 g/mol. The Balaban J connectivity index is 1.44. The van der Waals surface area contributed by atoms with Crippen LogP contribution in [0.1, 0.15) is 23.4 Å². The molecule has 134 valence electrons. The van der Waals surface area contributed by atoms with Gasteiger partial charge in [0.15, 0.2) is 0 Å². The number of carbonyl (C=O) groups excluding carboxylic acids is 1. The molecule has 0 aliphatic heterocycles. The van der Waals surface area contributed by atoms with Gasteiger partial charge in [0.1, 0.15) is 0 Å². The maximum atomic E-state index is 12.0. The highest BCUT2D eigenvalue weighted by atomic mass is 35.5. The van der Waals surface area contributed by atoms with Crippen molar-refractivity contribution in [2.45, 2.75) is 26.2 Å². The maximum absolute atomic E-state index is 12.0. The number of hydrogen-bond donors (Lipinski definition) is 1. The first kappa shape index (κ1) is 18.1. The summed E-state index contributed by atoms with van der Waals surface area (Å²) >= 11 is 5.85. The standard InChI is InChI=1S/C20H20ClN3O2/c1-14-3-2-4-16(13-14)20-23-19(26-24-20)10-9-18(25)22-12-11-15-5-7-17(21)8-6-15/h2-8,13H,9-12H2,1H3,(H,22,25). The SMILES string of the molecule is Cc1cccc(-c2noc(CCC(=O)NCCc3ccc(Cl)cc3)n2)c1. The summed E-state index contributed by atoms with van der Waals surface area (Å²) in [5.74, 6) is 0.982. The van der Waals surface area contributed by atoms with Crippen molar-refractivity contribution in [3.8, 4) is 11.4 Å². The van der Waals surface area contributed by atoms with Gasteiger partial charge in [-0.25, -0.2) is 0 Å². The molecule has 5 nitrogen and oxygen atoms in total. The first-order valence-electron chi connectivity index (χ1n) is 8.51. The molecule has 0 fully saturated rings. The molecule has 3 aromatic rings. The fraction of sp³-hybridized carbons (Fsp3) is 0.250. The van der Waals surface area contributed by atoms with Crippen LogP contribution >= 0.6 is 11.6 Å². The topological polar surface area (TPSA) is 68.0 Å². The van der Waals surface area contributed by atoms with E-state index in [1.165, 1.54) is 0 Å². The van der Waals surface area contributed by atoms with Gasteiger partial charge in [-0.15, -0.1) is 0 Å². The summed E-state index contributed by atoms with van der Waals surface area (Å²) < 4.78 is 5.24. The second-order valence-corrected chi connectivity index (χ2v) is 6.54. The fourth-order valence-corrected chi connectivity index (χ4v) is 2.69. The van der Waals surface area contributed by atoms with Crippen LogP contribution in [-0.2, 0) is 17.6 Å². The van der Waals surface area contributed by atoms with Gasteiger partial charge in [0.25, 0.3) is 0 Å². The van der Waals surface area contributed by atoms with Gasteiger partial charge in [-0.2, -0.15) is 4.98 Å². The summed E-state index contributed by atoms with van der Waals surface area (Å²) in [6.07, 6.45) is 1.50. The van der Waals surface area contributed by atoms with E-state index in [2.05, 4.69) is 15.5 Å². The molecule has 0 unspecified atom stereocenters. The van der Waals surface area contributed by atoms with Gasteiger partial charge in [0, 0.05) is 30.0 Å². The minimum atomic E-state index is -0.0331. The van der Waals surface area contributed by atoms with E-state index in [1.54, 1.807) is 0 Å². The predicted molar refractivity (Wildman–Crippen MR) is 101 cm³/mol. The Kier molecular flexibility index (Phi) is 6.02. The third kappa shape index (κ3) is 5.17. The molecular weight excluding hydrogens is 350 g/mol. The summed E-state index contributed by atoms with van der Waals surface area (Å²) in [5, 5.41) is 7.60. The summed E-state index contributed by atoms with van der Waals surface area (Å²) in [6, 6.07) is 15.5. The molecule has 3 rings (SSSR count). The van der Waals surface area contributed by atoms with Crippen LogP contribution in [0, 0.1) is 6.92 Å². The van der Waals surface area contributed by atoms with Gasteiger partial charge in [-0.05, 0) is 37.1 Å². The average Bonchev–Trinajstić information content (AvgIpc) is 3.11. The van der Waals surface area contributed by atoms with Crippen LogP contribution in [0.25, 0.3) is 11.4 Å². The van der Waals surface area contributed by atoms with Crippen molar-refractivity contribution in [1.29, 1.82) is 0 Å². The Morgan fingerprint density at radius 3 is 2.73 bits per heavy atom. The highest BCUT2D eigenvalue weighted by molar-refractivity contribution is 6.30. The van der Waals surface area contributed by atoms with E-state index in [-0.39, 0.29) is 5.91 Å². The summed E-state index contributed by atoms with van der Waals surface area (Å²) in [7, 11) is 0. The molecule has 1 amide bonds. The van der Waals surface area contributed by atoms with Crippen LogP contribution in [0.5, 0.6) is 0 Å². The number of nitrogens with zero attached hydrogens (tertiary/aromatic N) is 2. The van der Waals surface area contributed by atoms with Crippen LogP contribution < -0.4 is 5.32 Å². The first-order chi connectivity index (χ1) is 12.6. The van der Waals surface area contributed by atoms with Gasteiger partial charge < -0.3 is 9.84 Å². The van der Waals surface area contributed by atoms with Crippen LogP contribution in [0.3, 0.4) is 0 Å². The highest BCUT2D eigenvalue weighted by Gasteiger charge is 2.10. The zero-order chi connectivity index (χ0) is 18.4. The van der Waals surface area contributed by atoms with Crippen molar-refractivity contribution in [1.82, 2.24) is 15.5 Å². The number of aromatic nitrogens is 2. The van der Waals surface area contributed by atoms with E-state index in [0.717, 1.165) is 23.1 Å². The van der Waals surface area contributed by atoms with Gasteiger partial charge in [0.2, 0.25) is 17.6 Å². The number of halogens is 1. The van der Waals surface area contributed by atoms with E-state index in [0.29, 0.717) is 36.1 Å². The van der Waals surface area contributed by atoms with Crippen LogP contribution in [0.15, 0.2) is 53.1 Å². The van der Waals surface area contributed by atoms with Crippen LogP contribution in [0.2, 0.25) is 5.02 Å². The Morgan fingerprint density at radius 2 is 1.96 bits per heavy atom. The molecule has 6 heteroatoms. The highest BCUT2D eigenvalue weighted by Crippen LogP contribution is 2.17. The number of carbonyl (C=O) groups is 1. The third-order valence-corrected chi connectivity index (χ3v) is 4.21. The van der Waals surface area contributed by atoms with Crippen molar-refractivity contribution in [3.63, 3.8) is 0 Å². The summed E-state index contributed by atoms with van der Waals surface area (Å²) in [4.78, 5) is 16.3. The molecule has 1 heterocycles. The molecule has 0 spiro atoms. The molecule has 0 aliphatic rings. The Morgan fingerprint density at radius 1 is 1.15 bits per heavy atom. The normalized spacial score (nSPS) is 10.7. The van der Waals surface area contributed by atoms with Gasteiger partial charge in [0.05, 0.1) is 0 Å². The van der Waals surface area contributed by atoms with Crippen molar-refractivity contribution in [2.24, 2.45) is 0 Å². The van der Waals surface area contributed by atoms with E-state index in [1.807, 2.05) is 55.5 Å². The maximum Gasteiger partial charge on any atom is 0.227 e. The molecule has 0 bridgehead atoms. The van der Waals surface area contributed by atoms with Crippen LogP contribution in [-0.4, -0.2) is 22.6 Å². The van der Waals surface area contributed by atoms with Gasteiger partial charge in [-0.3, -0.25) is 4.79 Å². The number of hydrogen-bond acceptors (Lipinski definition) is 4. The number of amides is 1. The first-order valence-corrected chi connectivity index (χ1v) is 8.89. The second-order valence-electron chi connectivity index (χ2n) is 6.11. The molecule has 1 N–H and O–H groups in total. The molecule has 26 heavy (non-hydrogen) atoms. The lowest BCUT2D eigenvalue weighted by Gasteiger charge is -2.04. The minimum absolute atomic E-state index is 0.0331. The molecule has 2 aromatic carbocycles. The van der Waals surface area contributed by atoms with E-state index < -0.39 is 0 Å². The predicted octanol–water partition coefficient (Wildman–Crippen LogP) is 3.99. The average molecular weight is 370 g/mol. The zero-order valence-corrected chi connectivity index (χ0v) is 15.3. The van der Waals surface area contributed by atoms with Crippen LogP contribution in [0.4, 0.5) is 0 Å². The Hall–Kier alpha value is -2.66. The fourth-order valence-electron chi connectivity index (χ4n) is 2.56. The Bertz CT molecular complexity index is 875. The van der Waals surface area contributed by atoms with E-state index >= 15 is 0 Å². The summed E-state index contributed by atoms with van der Waals surface area (Å²) in [6.45, 7) is 2.59. The molecule has 0 aliphatic carbocycles. The lowest BCUT2D eigenvalue weighted by molar-refractivity contribution is -0.121. The lowest BCUT2D eigenvalue weighted by Crippen LogP contribution is -2.25. The zero-order valence-electron chi connectivity index (χ0n) is 14.5.